The second-order valence-electron chi connectivity index (χ2n) is 5.37. The number of hydrogen-bond donors (Lipinski definition) is 1. The fourth-order valence-corrected chi connectivity index (χ4v) is 2.74. The van der Waals surface area contributed by atoms with Crippen molar-refractivity contribution in [2.75, 3.05) is 27.3 Å². The molecule has 0 bridgehead atoms. The van der Waals surface area contributed by atoms with E-state index >= 15 is 0 Å². The van der Waals surface area contributed by atoms with Gasteiger partial charge in [-0.3, -0.25) is 4.90 Å². The highest BCUT2D eigenvalue weighted by molar-refractivity contribution is 5.40. The minimum absolute atomic E-state index is 0.242. The van der Waals surface area contributed by atoms with E-state index in [0.717, 1.165) is 24.5 Å². The molecule has 1 saturated carbocycles. The summed E-state index contributed by atoms with van der Waals surface area (Å²) in [6.45, 7) is 3.92. The zero-order valence-corrected chi connectivity index (χ0v) is 12.8. The molecule has 1 aliphatic rings. The molecule has 0 aromatic heterocycles. The number of benzene rings is 1. The maximum atomic E-state index is 6.06. The minimum Gasteiger partial charge on any atom is -0.497 e. The highest BCUT2D eigenvalue weighted by Crippen LogP contribution is 2.36. The quantitative estimate of drug-likeness (QED) is 0.794. The molecule has 0 aliphatic heterocycles. The number of methoxy groups -OCH3 is 2. The number of nitrogens with two attached hydrogens (primary N) is 1. The molecule has 112 valence electrons. The van der Waals surface area contributed by atoms with Crippen molar-refractivity contribution in [2.24, 2.45) is 5.73 Å². The molecule has 2 rings (SSSR count). The molecule has 0 heterocycles. The van der Waals surface area contributed by atoms with E-state index in [1.165, 1.54) is 18.4 Å². The van der Waals surface area contributed by atoms with E-state index in [4.69, 9.17) is 15.2 Å². The maximum Gasteiger partial charge on any atom is 0.122 e. The first-order valence-electron chi connectivity index (χ1n) is 7.42. The minimum atomic E-state index is 0.242. The number of nitrogens with zero attached hydrogens (tertiary/aromatic N) is 1. The average Bonchev–Trinajstić information content (AvgIpc) is 3.31. The molecule has 4 heteroatoms. The first-order chi connectivity index (χ1) is 9.73. The Labute approximate surface area is 121 Å². The van der Waals surface area contributed by atoms with Crippen LogP contribution in [0.1, 0.15) is 37.8 Å². The van der Waals surface area contributed by atoms with Crippen LogP contribution >= 0.6 is 0 Å². The van der Waals surface area contributed by atoms with Gasteiger partial charge in [0, 0.05) is 24.7 Å². The van der Waals surface area contributed by atoms with E-state index in [1.54, 1.807) is 14.2 Å². The fraction of sp³-hybridized carbons (Fsp3) is 0.625. The van der Waals surface area contributed by atoms with Gasteiger partial charge in [0.05, 0.1) is 14.2 Å². The van der Waals surface area contributed by atoms with Crippen LogP contribution in [0.4, 0.5) is 0 Å². The Morgan fingerprint density at radius 3 is 2.20 bits per heavy atom. The second kappa shape index (κ2) is 6.95. The Bertz CT molecular complexity index is 410. The van der Waals surface area contributed by atoms with Crippen LogP contribution in [0, 0.1) is 0 Å². The van der Waals surface area contributed by atoms with Crippen molar-refractivity contribution in [2.45, 2.75) is 38.3 Å². The van der Waals surface area contributed by atoms with Gasteiger partial charge >= 0.3 is 0 Å². The van der Waals surface area contributed by atoms with E-state index in [-0.39, 0.29) is 6.04 Å². The molecule has 1 atom stereocenters. The van der Waals surface area contributed by atoms with E-state index in [2.05, 4.69) is 24.0 Å². The Morgan fingerprint density at radius 1 is 1.20 bits per heavy atom. The molecular formula is C16H26N2O2. The van der Waals surface area contributed by atoms with Gasteiger partial charge in [0.2, 0.25) is 0 Å². The predicted molar refractivity (Wildman–Crippen MR) is 81.4 cm³/mol. The molecule has 1 unspecified atom stereocenters. The third-order valence-electron chi connectivity index (χ3n) is 3.88. The average molecular weight is 278 g/mol. The van der Waals surface area contributed by atoms with Crippen LogP contribution in [0.5, 0.6) is 11.5 Å². The lowest BCUT2D eigenvalue weighted by molar-refractivity contribution is 0.191. The fourth-order valence-electron chi connectivity index (χ4n) is 2.74. The van der Waals surface area contributed by atoms with Gasteiger partial charge in [-0.1, -0.05) is 6.92 Å². The van der Waals surface area contributed by atoms with Crippen molar-refractivity contribution in [3.8, 4) is 11.5 Å². The molecule has 0 saturated heterocycles. The Balaban J connectivity index is 2.29. The van der Waals surface area contributed by atoms with Gasteiger partial charge in [-0.2, -0.15) is 0 Å². The molecule has 1 aromatic rings. The van der Waals surface area contributed by atoms with E-state index in [1.807, 2.05) is 6.07 Å². The van der Waals surface area contributed by atoms with Gasteiger partial charge in [0.1, 0.15) is 11.5 Å². The monoisotopic (exact) mass is 278 g/mol. The SMILES string of the molecule is CCCN(C1CC1)C(CN)c1cc(OC)cc(OC)c1. The van der Waals surface area contributed by atoms with Crippen molar-refractivity contribution < 1.29 is 9.47 Å². The van der Waals surface area contributed by atoms with Crippen LogP contribution < -0.4 is 15.2 Å². The molecule has 1 aromatic carbocycles. The molecule has 1 fully saturated rings. The van der Waals surface area contributed by atoms with Crippen molar-refractivity contribution in [1.82, 2.24) is 4.90 Å². The smallest absolute Gasteiger partial charge is 0.122 e. The lowest BCUT2D eigenvalue weighted by atomic mass is 10.0. The summed E-state index contributed by atoms with van der Waals surface area (Å²) in [4.78, 5) is 2.54. The van der Waals surface area contributed by atoms with Crippen molar-refractivity contribution in [3.05, 3.63) is 23.8 Å². The summed E-state index contributed by atoms with van der Waals surface area (Å²) < 4.78 is 10.7. The first kappa shape index (κ1) is 15.1. The van der Waals surface area contributed by atoms with Gasteiger partial charge in [-0.15, -0.1) is 0 Å². The van der Waals surface area contributed by atoms with Gasteiger partial charge in [0.25, 0.3) is 0 Å². The number of rotatable bonds is 8. The van der Waals surface area contributed by atoms with E-state index < -0.39 is 0 Å². The van der Waals surface area contributed by atoms with Gasteiger partial charge in [-0.05, 0) is 43.5 Å². The van der Waals surface area contributed by atoms with Gasteiger partial charge in [-0.25, -0.2) is 0 Å². The topological polar surface area (TPSA) is 47.7 Å². The van der Waals surface area contributed by atoms with Crippen molar-refractivity contribution in [3.63, 3.8) is 0 Å². The summed E-state index contributed by atoms with van der Waals surface area (Å²) in [6.07, 6.45) is 3.73. The van der Waals surface area contributed by atoms with Crippen LogP contribution in [0.2, 0.25) is 0 Å². The van der Waals surface area contributed by atoms with Crippen LogP contribution in [0.25, 0.3) is 0 Å². The summed E-state index contributed by atoms with van der Waals surface area (Å²) in [5.74, 6) is 1.65. The van der Waals surface area contributed by atoms with Crippen molar-refractivity contribution in [1.29, 1.82) is 0 Å². The molecule has 2 N–H and O–H groups in total. The lowest BCUT2D eigenvalue weighted by Crippen LogP contribution is -2.36. The van der Waals surface area contributed by atoms with Crippen LogP contribution in [0.15, 0.2) is 18.2 Å². The second-order valence-corrected chi connectivity index (χ2v) is 5.37. The zero-order valence-electron chi connectivity index (χ0n) is 12.8. The standard InChI is InChI=1S/C16H26N2O2/c1-4-7-18(13-5-6-13)16(11-17)12-8-14(19-2)10-15(9-12)20-3/h8-10,13,16H,4-7,11,17H2,1-3H3. The summed E-state index contributed by atoms with van der Waals surface area (Å²) in [5.41, 5.74) is 7.25. The summed E-state index contributed by atoms with van der Waals surface area (Å²) in [5, 5.41) is 0. The first-order valence-corrected chi connectivity index (χ1v) is 7.42. The maximum absolute atomic E-state index is 6.06. The number of hydrogen-bond acceptors (Lipinski definition) is 4. The third kappa shape index (κ3) is 3.44. The Hall–Kier alpha value is -1.26. The van der Waals surface area contributed by atoms with E-state index in [0.29, 0.717) is 12.6 Å². The largest absolute Gasteiger partial charge is 0.497 e. The molecule has 4 nitrogen and oxygen atoms in total. The highest BCUT2D eigenvalue weighted by Gasteiger charge is 2.33. The van der Waals surface area contributed by atoms with Crippen LogP contribution in [-0.4, -0.2) is 38.3 Å². The Kier molecular flexibility index (Phi) is 5.26. The predicted octanol–water partition coefficient (Wildman–Crippen LogP) is 2.58. The normalized spacial score (nSPS) is 16.2. The molecular weight excluding hydrogens is 252 g/mol. The van der Waals surface area contributed by atoms with Crippen LogP contribution in [0.3, 0.4) is 0 Å². The summed E-state index contributed by atoms with van der Waals surface area (Å²) >= 11 is 0. The highest BCUT2D eigenvalue weighted by atomic mass is 16.5. The van der Waals surface area contributed by atoms with Crippen molar-refractivity contribution >= 4 is 0 Å². The zero-order chi connectivity index (χ0) is 14.5. The van der Waals surface area contributed by atoms with Gasteiger partial charge < -0.3 is 15.2 Å². The molecule has 20 heavy (non-hydrogen) atoms. The molecule has 0 radical (unpaired) electrons. The lowest BCUT2D eigenvalue weighted by Gasteiger charge is -2.31. The molecule has 0 amide bonds. The number of ether oxygens (including phenoxy) is 2. The summed E-state index contributed by atoms with van der Waals surface area (Å²) in [7, 11) is 3.36. The van der Waals surface area contributed by atoms with Gasteiger partial charge in [0.15, 0.2) is 0 Å². The Morgan fingerprint density at radius 2 is 1.80 bits per heavy atom. The van der Waals surface area contributed by atoms with Crippen LogP contribution in [-0.2, 0) is 0 Å². The summed E-state index contributed by atoms with van der Waals surface area (Å²) in [6, 6.07) is 6.99. The van der Waals surface area contributed by atoms with E-state index in [9.17, 15) is 0 Å². The molecule has 0 spiro atoms. The molecule has 1 aliphatic carbocycles. The third-order valence-corrected chi connectivity index (χ3v) is 3.88.